The smallest absolute Gasteiger partial charge is 0.325 e. The number of rotatable bonds is 7. The predicted octanol–water partition coefficient (Wildman–Crippen LogP) is 2.36. The first-order valence-corrected chi connectivity index (χ1v) is 7.98. The van der Waals surface area contributed by atoms with Gasteiger partial charge in [-0.1, -0.05) is 13.8 Å². The van der Waals surface area contributed by atoms with Crippen LogP contribution in [0.25, 0.3) is 0 Å². The van der Waals surface area contributed by atoms with E-state index in [-0.39, 0.29) is 12.6 Å². The van der Waals surface area contributed by atoms with Crippen LogP contribution in [-0.4, -0.2) is 41.6 Å². The van der Waals surface area contributed by atoms with Crippen LogP contribution in [0.3, 0.4) is 0 Å². The highest BCUT2D eigenvalue weighted by Crippen LogP contribution is 2.19. The SMILES string of the molecule is CCOC(=O)CNC(=O)N(CC)Cc1csc(C(C)C)n1. The van der Waals surface area contributed by atoms with Crippen molar-refractivity contribution < 1.29 is 14.3 Å². The molecular formula is C14H23N3O3S. The topological polar surface area (TPSA) is 71.5 Å². The van der Waals surface area contributed by atoms with E-state index in [9.17, 15) is 9.59 Å². The van der Waals surface area contributed by atoms with Crippen LogP contribution in [-0.2, 0) is 16.1 Å². The molecule has 0 aliphatic carbocycles. The second-order valence-electron chi connectivity index (χ2n) is 4.81. The fourth-order valence-electron chi connectivity index (χ4n) is 1.65. The summed E-state index contributed by atoms with van der Waals surface area (Å²) < 4.78 is 4.77. The first-order chi connectivity index (χ1) is 9.97. The molecule has 1 aromatic heterocycles. The minimum atomic E-state index is -0.433. The van der Waals surface area contributed by atoms with E-state index in [2.05, 4.69) is 24.1 Å². The lowest BCUT2D eigenvalue weighted by Crippen LogP contribution is -2.42. The second kappa shape index (κ2) is 8.61. The molecule has 0 saturated heterocycles. The Balaban J connectivity index is 2.52. The summed E-state index contributed by atoms with van der Waals surface area (Å²) in [6.45, 7) is 8.98. The van der Waals surface area contributed by atoms with E-state index in [1.165, 1.54) is 0 Å². The summed E-state index contributed by atoms with van der Waals surface area (Å²) in [6, 6.07) is -0.287. The Morgan fingerprint density at radius 3 is 2.67 bits per heavy atom. The number of hydrogen-bond donors (Lipinski definition) is 1. The van der Waals surface area contributed by atoms with Crippen LogP contribution in [0.15, 0.2) is 5.38 Å². The molecule has 118 valence electrons. The van der Waals surface area contributed by atoms with Crippen molar-refractivity contribution in [2.24, 2.45) is 0 Å². The molecule has 0 spiro atoms. The van der Waals surface area contributed by atoms with Gasteiger partial charge in [-0.3, -0.25) is 4.79 Å². The van der Waals surface area contributed by atoms with Gasteiger partial charge in [-0.25, -0.2) is 9.78 Å². The van der Waals surface area contributed by atoms with E-state index in [0.717, 1.165) is 10.7 Å². The zero-order valence-electron chi connectivity index (χ0n) is 13.0. The summed E-state index contributed by atoms with van der Waals surface area (Å²) in [4.78, 5) is 29.4. The van der Waals surface area contributed by atoms with E-state index >= 15 is 0 Å². The van der Waals surface area contributed by atoms with Gasteiger partial charge in [0.25, 0.3) is 0 Å². The van der Waals surface area contributed by atoms with Crippen LogP contribution < -0.4 is 5.32 Å². The maximum atomic E-state index is 12.0. The van der Waals surface area contributed by atoms with Crippen molar-refractivity contribution in [2.75, 3.05) is 19.7 Å². The van der Waals surface area contributed by atoms with Gasteiger partial charge in [0, 0.05) is 17.8 Å². The Kier molecular flexibility index (Phi) is 7.14. The Labute approximate surface area is 129 Å². The zero-order valence-corrected chi connectivity index (χ0v) is 13.8. The summed E-state index contributed by atoms with van der Waals surface area (Å²) in [5.74, 6) is -0.0471. The molecule has 6 nitrogen and oxygen atoms in total. The van der Waals surface area contributed by atoms with Crippen LogP contribution in [0.4, 0.5) is 4.79 Å². The molecule has 0 aliphatic rings. The average Bonchev–Trinajstić information content (AvgIpc) is 2.91. The predicted molar refractivity (Wildman–Crippen MR) is 82.3 cm³/mol. The van der Waals surface area contributed by atoms with Crippen molar-refractivity contribution in [3.8, 4) is 0 Å². The lowest BCUT2D eigenvalue weighted by molar-refractivity contribution is -0.141. The van der Waals surface area contributed by atoms with Crippen LogP contribution in [0.2, 0.25) is 0 Å². The molecule has 0 atom stereocenters. The monoisotopic (exact) mass is 313 g/mol. The first kappa shape index (κ1) is 17.4. The number of urea groups is 1. The van der Waals surface area contributed by atoms with E-state index in [1.54, 1.807) is 23.2 Å². The fourth-order valence-corrected chi connectivity index (χ4v) is 2.48. The van der Waals surface area contributed by atoms with Crippen molar-refractivity contribution in [2.45, 2.75) is 40.2 Å². The van der Waals surface area contributed by atoms with Crippen molar-refractivity contribution in [1.29, 1.82) is 0 Å². The van der Waals surface area contributed by atoms with Crippen molar-refractivity contribution >= 4 is 23.3 Å². The number of hydrogen-bond acceptors (Lipinski definition) is 5. The minimum absolute atomic E-state index is 0.114. The summed E-state index contributed by atoms with van der Waals surface area (Å²) >= 11 is 1.60. The van der Waals surface area contributed by atoms with Crippen LogP contribution in [0, 0.1) is 0 Å². The molecule has 0 aromatic carbocycles. The van der Waals surface area contributed by atoms with Gasteiger partial charge in [0.2, 0.25) is 0 Å². The quantitative estimate of drug-likeness (QED) is 0.784. The molecule has 1 rings (SSSR count). The number of nitrogens with zero attached hydrogens (tertiary/aromatic N) is 2. The van der Waals surface area contributed by atoms with Crippen LogP contribution in [0.1, 0.15) is 44.3 Å². The molecule has 0 fully saturated rings. The van der Waals surface area contributed by atoms with Crippen molar-refractivity contribution in [3.05, 3.63) is 16.1 Å². The van der Waals surface area contributed by atoms with Gasteiger partial charge in [0.1, 0.15) is 6.54 Å². The molecule has 0 radical (unpaired) electrons. The maximum absolute atomic E-state index is 12.0. The average molecular weight is 313 g/mol. The molecule has 7 heteroatoms. The number of ether oxygens (including phenoxy) is 1. The summed E-state index contributed by atoms with van der Waals surface area (Å²) in [7, 11) is 0. The number of carbonyl (C=O) groups excluding carboxylic acids is 2. The third kappa shape index (κ3) is 5.71. The Morgan fingerprint density at radius 1 is 1.43 bits per heavy atom. The molecule has 0 bridgehead atoms. The number of aromatic nitrogens is 1. The Morgan fingerprint density at radius 2 is 2.14 bits per heavy atom. The maximum Gasteiger partial charge on any atom is 0.325 e. The molecule has 1 heterocycles. The van der Waals surface area contributed by atoms with Gasteiger partial charge >= 0.3 is 12.0 Å². The lowest BCUT2D eigenvalue weighted by Gasteiger charge is -2.20. The highest BCUT2D eigenvalue weighted by atomic mass is 32.1. The van der Waals surface area contributed by atoms with E-state index in [0.29, 0.717) is 25.6 Å². The van der Waals surface area contributed by atoms with Gasteiger partial charge in [-0.15, -0.1) is 11.3 Å². The Hall–Kier alpha value is -1.63. The van der Waals surface area contributed by atoms with Gasteiger partial charge in [-0.2, -0.15) is 0 Å². The standard InChI is InChI=1S/C14H23N3O3S/c1-5-17(14(19)15-7-12(18)20-6-2)8-11-9-21-13(16-11)10(3)4/h9-10H,5-8H2,1-4H3,(H,15,19). The summed E-state index contributed by atoms with van der Waals surface area (Å²) in [6.07, 6.45) is 0. The third-order valence-electron chi connectivity index (χ3n) is 2.77. The van der Waals surface area contributed by atoms with Crippen molar-refractivity contribution in [3.63, 3.8) is 0 Å². The molecular weight excluding hydrogens is 290 g/mol. The van der Waals surface area contributed by atoms with Crippen LogP contribution in [0.5, 0.6) is 0 Å². The van der Waals surface area contributed by atoms with E-state index < -0.39 is 5.97 Å². The molecule has 1 aromatic rings. The van der Waals surface area contributed by atoms with Crippen molar-refractivity contribution in [1.82, 2.24) is 15.2 Å². The fraction of sp³-hybridized carbons (Fsp3) is 0.643. The second-order valence-corrected chi connectivity index (χ2v) is 5.70. The Bertz CT molecular complexity index is 474. The molecule has 1 N–H and O–H groups in total. The lowest BCUT2D eigenvalue weighted by atomic mass is 10.2. The summed E-state index contributed by atoms with van der Waals surface area (Å²) in [5, 5.41) is 5.59. The number of nitrogens with one attached hydrogen (secondary N) is 1. The third-order valence-corrected chi connectivity index (χ3v) is 3.97. The first-order valence-electron chi connectivity index (χ1n) is 7.10. The number of esters is 1. The highest BCUT2D eigenvalue weighted by Gasteiger charge is 2.15. The number of thiazole rings is 1. The van der Waals surface area contributed by atoms with Gasteiger partial charge in [0.15, 0.2) is 0 Å². The molecule has 0 aliphatic heterocycles. The van der Waals surface area contributed by atoms with E-state index in [4.69, 9.17) is 4.74 Å². The molecule has 0 unspecified atom stereocenters. The number of carbonyl (C=O) groups is 2. The number of amides is 2. The largest absolute Gasteiger partial charge is 0.465 e. The van der Waals surface area contributed by atoms with Gasteiger partial charge in [0.05, 0.1) is 23.9 Å². The van der Waals surface area contributed by atoms with Crippen LogP contribution >= 0.6 is 11.3 Å². The van der Waals surface area contributed by atoms with Gasteiger partial charge in [-0.05, 0) is 13.8 Å². The minimum Gasteiger partial charge on any atom is -0.465 e. The molecule has 2 amide bonds. The highest BCUT2D eigenvalue weighted by molar-refractivity contribution is 7.09. The van der Waals surface area contributed by atoms with Gasteiger partial charge < -0.3 is 15.0 Å². The molecule has 0 saturated carbocycles. The van der Waals surface area contributed by atoms with E-state index in [1.807, 2.05) is 12.3 Å². The summed E-state index contributed by atoms with van der Waals surface area (Å²) in [5.41, 5.74) is 0.872. The molecule has 21 heavy (non-hydrogen) atoms. The normalized spacial score (nSPS) is 10.5. The zero-order chi connectivity index (χ0) is 15.8.